The maximum Gasteiger partial charge on any atom is 0.272 e. The van der Waals surface area contributed by atoms with Crippen molar-refractivity contribution in [2.45, 2.75) is 40.2 Å². The van der Waals surface area contributed by atoms with Crippen LogP contribution in [0, 0.1) is 24.6 Å². The summed E-state index contributed by atoms with van der Waals surface area (Å²) >= 11 is 6.05. The molecule has 8 heteroatoms. The quantitative estimate of drug-likeness (QED) is 0.533. The molecule has 0 fully saturated rings. The summed E-state index contributed by atoms with van der Waals surface area (Å²) in [5, 5.41) is 10.5. The highest BCUT2D eigenvalue weighted by molar-refractivity contribution is 6.30. The molecule has 1 heterocycles. The monoisotopic (exact) mass is 480 g/mol. The molecule has 0 unspecified atom stereocenters. The van der Waals surface area contributed by atoms with Crippen LogP contribution in [0.5, 0.6) is 0 Å². The van der Waals surface area contributed by atoms with Gasteiger partial charge in [0, 0.05) is 34.2 Å². The smallest absolute Gasteiger partial charge is 0.272 e. The Morgan fingerprint density at radius 1 is 1.15 bits per heavy atom. The van der Waals surface area contributed by atoms with E-state index in [0.29, 0.717) is 21.8 Å². The highest BCUT2D eigenvalue weighted by Gasteiger charge is 2.25. The van der Waals surface area contributed by atoms with Crippen LogP contribution in [0.25, 0.3) is 16.9 Å². The number of carbonyl (C=O) groups is 2. The first-order valence-corrected chi connectivity index (χ1v) is 11.1. The van der Waals surface area contributed by atoms with Crippen LogP contribution in [0.15, 0.2) is 42.5 Å². The molecule has 0 saturated heterocycles. The number of amides is 2. The van der Waals surface area contributed by atoms with Gasteiger partial charge < -0.3 is 10.6 Å². The number of carbonyl (C=O) groups excluding carboxylic acids is 2. The van der Waals surface area contributed by atoms with Crippen molar-refractivity contribution in [2.75, 3.05) is 6.54 Å². The van der Waals surface area contributed by atoms with E-state index in [2.05, 4.69) is 27.6 Å². The van der Waals surface area contributed by atoms with Crippen molar-refractivity contribution < 1.29 is 14.0 Å². The van der Waals surface area contributed by atoms with E-state index < -0.39 is 11.4 Å². The molecule has 2 aromatic carbocycles. The zero-order valence-corrected chi connectivity index (χ0v) is 20.5. The lowest BCUT2D eigenvalue weighted by Gasteiger charge is -2.19. The molecule has 34 heavy (non-hydrogen) atoms. The van der Waals surface area contributed by atoms with E-state index in [1.807, 2.05) is 20.8 Å². The van der Waals surface area contributed by atoms with Crippen LogP contribution in [0.2, 0.25) is 5.02 Å². The summed E-state index contributed by atoms with van der Waals surface area (Å²) in [4.78, 5) is 23.9. The van der Waals surface area contributed by atoms with Gasteiger partial charge in [0.05, 0.1) is 12.2 Å². The van der Waals surface area contributed by atoms with Gasteiger partial charge in [-0.1, -0.05) is 35.6 Å². The fourth-order valence-electron chi connectivity index (χ4n) is 3.30. The molecule has 176 valence electrons. The molecule has 0 aliphatic heterocycles. The number of hydrogen-bond donors (Lipinski definition) is 2. The number of nitrogens with one attached hydrogen (secondary N) is 2. The summed E-state index contributed by atoms with van der Waals surface area (Å²) in [6.45, 7) is 8.99. The van der Waals surface area contributed by atoms with Gasteiger partial charge >= 0.3 is 0 Å². The molecule has 2 N–H and O–H groups in total. The van der Waals surface area contributed by atoms with Gasteiger partial charge in [-0.3, -0.25) is 9.59 Å². The molecule has 0 bridgehead atoms. The van der Waals surface area contributed by atoms with Crippen LogP contribution < -0.4 is 10.6 Å². The van der Waals surface area contributed by atoms with Gasteiger partial charge in [-0.05, 0) is 58.0 Å². The van der Waals surface area contributed by atoms with Crippen molar-refractivity contribution >= 4 is 23.4 Å². The number of aromatic nitrogens is 2. The molecule has 0 spiro atoms. The Morgan fingerprint density at radius 3 is 2.41 bits per heavy atom. The van der Waals surface area contributed by atoms with Crippen LogP contribution in [-0.2, 0) is 4.79 Å². The molecule has 0 aliphatic rings. The third kappa shape index (κ3) is 6.03. The van der Waals surface area contributed by atoms with Gasteiger partial charge in [-0.15, -0.1) is 0 Å². The second-order valence-corrected chi connectivity index (χ2v) is 9.26. The number of nitrogens with zero attached hydrogens (tertiary/aromatic N) is 2. The number of rotatable bonds is 4. The maximum absolute atomic E-state index is 15.2. The summed E-state index contributed by atoms with van der Waals surface area (Å²) in [6, 6.07) is 11.6. The molecule has 3 aromatic rings. The van der Waals surface area contributed by atoms with E-state index in [-0.39, 0.29) is 29.7 Å². The summed E-state index contributed by atoms with van der Waals surface area (Å²) in [5.74, 6) is 4.51. The number of halogens is 2. The minimum absolute atomic E-state index is 0.171. The SMILES string of the molecule is CC(=O)NCC#Cc1ccc(-n2nc(C(=O)NC(C)(C)C)c(C)c2-c2ccc(Cl)cc2)c(F)c1. The van der Waals surface area contributed by atoms with Crippen LogP contribution in [0.3, 0.4) is 0 Å². The number of hydrogen-bond acceptors (Lipinski definition) is 3. The topological polar surface area (TPSA) is 76.0 Å². The zero-order valence-electron chi connectivity index (χ0n) is 19.7. The van der Waals surface area contributed by atoms with Crippen LogP contribution >= 0.6 is 11.6 Å². The molecule has 1 aromatic heterocycles. The van der Waals surface area contributed by atoms with E-state index in [4.69, 9.17) is 11.6 Å². The van der Waals surface area contributed by atoms with Gasteiger partial charge in [-0.2, -0.15) is 5.10 Å². The highest BCUT2D eigenvalue weighted by Crippen LogP contribution is 2.31. The Kier molecular flexibility index (Phi) is 7.43. The molecule has 0 radical (unpaired) electrons. The Balaban J connectivity index is 2.09. The summed E-state index contributed by atoms with van der Waals surface area (Å²) in [5.41, 5.74) is 2.31. The first-order chi connectivity index (χ1) is 16.0. The van der Waals surface area contributed by atoms with Crippen LogP contribution in [-0.4, -0.2) is 33.7 Å². The van der Waals surface area contributed by atoms with Gasteiger partial charge in [0.25, 0.3) is 5.91 Å². The van der Waals surface area contributed by atoms with E-state index in [1.54, 1.807) is 43.3 Å². The average Bonchev–Trinajstić information content (AvgIpc) is 3.07. The van der Waals surface area contributed by atoms with Gasteiger partial charge in [0.1, 0.15) is 11.5 Å². The lowest BCUT2D eigenvalue weighted by atomic mass is 10.0. The second-order valence-electron chi connectivity index (χ2n) is 8.82. The second kappa shape index (κ2) is 10.1. The molecule has 2 amide bonds. The van der Waals surface area contributed by atoms with Crippen LogP contribution in [0.4, 0.5) is 4.39 Å². The summed E-state index contributed by atoms with van der Waals surface area (Å²) in [6.07, 6.45) is 0. The zero-order chi connectivity index (χ0) is 25.0. The third-order valence-electron chi connectivity index (χ3n) is 4.78. The van der Waals surface area contributed by atoms with Gasteiger partial charge in [0.15, 0.2) is 5.69 Å². The van der Waals surface area contributed by atoms with Crippen molar-refractivity contribution in [3.63, 3.8) is 0 Å². The largest absolute Gasteiger partial charge is 0.346 e. The number of benzene rings is 2. The van der Waals surface area contributed by atoms with E-state index in [9.17, 15) is 9.59 Å². The molecule has 0 aliphatic carbocycles. The Labute approximate surface area is 203 Å². The standard InChI is InChI=1S/C26H26ClFN4O2/c1-16-23(25(34)30-26(3,4)5)31-32(24(16)19-9-11-20(27)12-10-19)22-13-8-18(15-21(22)28)7-6-14-29-17(2)33/h8-13,15H,14H2,1-5H3,(H,29,33)(H,30,34). The molecular weight excluding hydrogens is 455 g/mol. The average molecular weight is 481 g/mol. The molecule has 6 nitrogen and oxygen atoms in total. The van der Waals surface area contributed by atoms with Crippen LogP contribution in [0.1, 0.15) is 49.3 Å². The van der Waals surface area contributed by atoms with Gasteiger partial charge in [-0.25, -0.2) is 9.07 Å². The fourth-order valence-corrected chi connectivity index (χ4v) is 3.43. The van der Waals surface area contributed by atoms with Gasteiger partial charge in [0.2, 0.25) is 5.91 Å². The van der Waals surface area contributed by atoms with E-state index in [0.717, 1.165) is 5.56 Å². The Bertz CT molecular complexity index is 1300. The normalized spacial score (nSPS) is 10.9. The molecule has 0 atom stereocenters. The van der Waals surface area contributed by atoms with E-state index in [1.165, 1.54) is 17.7 Å². The predicted octanol–water partition coefficient (Wildman–Crippen LogP) is 4.66. The molecule has 0 saturated carbocycles. The lowest BCUT2D eigenvalue weighted by Crippen LogP contribution is -2.41. The Hall–Kier alpha value is -3.63. The first-order valence-electron chi connectivity index (χ1n) is 10.7. The van der Waals surface area contributed by atoms with Crippen molar-refractivity contribution in [3.8, 4) is 28.8 Å². The first kappa shape index (κ1) is 25.0. The summed E-state index contributed by atoms with van der Waals surface area (Å²) < 4.78 is 16.7. The minimum Gasteiger partial charge on any atom is -0.346 e. The van der Waals surface area contributed by atoms with Crippen molar-refractivity contribution in [2.24, 2.45) is 0 Å². The Morgan fingerprint density at radius 2 is 1.82 bits per heavy atom. The van der Waals surface area contributed by atoms with Crippen molar-refractivity contribution in [1.82, 2.24) is 20.4 Å². The lowest BCUT2D eigenvalue weighted by molar-refractivity contribution is -0.118. The predicted molar refractivity (Wildman–Crippen MR) is 131 cm³/mol. The van der Waals surface area contributed by atoms with Crippen molar-refractivity contribution in [3.05, 3.63) is 70.1 Å². The third-order valence-corrected chi connectivity index (χ3v) is 5.03. The minimum atomic E-state index is -0.549. The van der Waals surface area contributed by atoms with Crippen molar-refractivity contribution in [1.29, 1.82) is 0 Å². The molecule has 3 rings (SSSR count). The van der Waals surface area contributed by atoms with E-state index >= 15 is 4.39 Å². The highest BCUT2D eigenvalue weighted by atomic mass is 35.5. The fraction of sp³-hybridized carbons (Fsp3) is 0.269. The summed E-state index contributed by atoms with van der Waals surface area (Å²) in [7, 11) is 0. The maximum atomic E-state index is 15.2. The molecular formula is C26H26ClFN4O2.